The molecule has 1 fully saturated rings. The van der Waals surface area contributed by atoms with Gasteiger partial charge in [0.2, 0.25) is 10.0 Å². The standard InChI is InChI=1S/C8H15NO4S/c1-9(14(2,12)13)8(7(10)11)5-3-4-6-8/h3-6H2,1-2H3,(H,10,11). The molecule has 0 aromatic heterocycles. The van der Waals surface area contributed by atoms with Crippen molar-refractivity contribution >= 4 is 16.0 Å². The van der Waals surface area contributed by atoms with Crippen molar-refractivity contribution in [2.45, 2.75) is 31.2 Å². The summed E-state index contributed by atoms with van der Waals surface area (Å²) in [6.07, 6.45) is 3.39. The van der Waals surface area contributed by atoms with Gasteiger partial charge in [0, 0.05) is 7.05 Å². The van der Waals surface area contributed by atoms with Crippen LogP contribution in [0.4, 0.5) is 0 Å². The first kappa shape index (κ1) is 11.5. The average molecular weight is 221 g/mol. The maximum atomic E-state index is 11.3. The lowest BCUT2D eigenvalue weighted by molar-refractivity contribution is -0.147. The molecule has 1 saturated carbocycles. The Labute approximate surface area is 83.8 Å². The first-order valence-corrected chi connectivity index (χ1v) is 6.33. The van der Waals surface area contributed by atoms with Gasteiger partial charge in [-0.2, -0.15) is 4.31 Å². The van der Waals surface area contributed by atoms with Crippen molar-refractivity contribution in [3.8, 4) is 0 Å². The Morgan fingerprint density at radius 1 is 1.36 bits per heavy atom. The highest BCUT2D eigenvalue weighted by Gasteiger charge is 2.48. The van der Waals surface area contributed by atoms with E-state index in [1.165, 1.54) is 7.05 Å². The Balaban J connectivity index is 3.06. The molecule has 0 radical (unpaired) electrons. The number of likely N-dealkylation sites (N-methyl/N-ethyl adjacent to an activating group) is 1. The molecule has 0 unspecified atom stereocenters. The largest absolute Gasteiger partial charge is 0.480 e. The topological polar surface area (TPSA) is 74.7 Å². The summed E-state index contributed by atoms with van der Waals surface area (Å²) in [5.41, 5.74) is -1.20. The lowest BCUT2D eigenvalue weighted by Gasteiger charge is -2.32. The Morgan fingerprint density at radius 3 is 2.07 bits per heavy atom. The summed E-state index contributed by atoms with van der Waals surface area (Å²) in [7, 11) is -2.10. The van der Waals surface area contributed by atoms with Crippen LogP contribution in [0.3, 0.4) is 0 Å². The second-order valence-corrected chi connectivity index (χ2v) is 5.79. The van der Waals surface area contributed by atoms with Gasteiger partial charge in [-0.1, -0.05) is 12.8 Å². The molecule has 0 amide bonds. The smallest absolute Gasteiger partial charge is 0.325 e. The van der Waals surface area contributed by atoms with Crippen LogP contribution in [0.2, 0.25) is 0 Å². The summed E-state index contributed by atoms with van der Waals surface area (Å²) in [5, 5.41) is 9.09. The second-order valence-electron chi connectivity index (χ2n) is 3.77. The number of carboxylic acid groups (broad SMARTS) is 1. The summed E-state index contributed by atoms with van der Waals surface area (Å²) in [6, 6.07) is 0. The van der Waals surface area contributed by atoms with E-state index in [-0.39, 0.29) is 0 Å². The zero-order valence-electron chi connectivity index (χ0n) is 8.36. The number of hydrogen-bond donors (Lipinski definition) is 1. The van der Waals surface area contributed by atoms with Gasteiger partial charge in [-0.3, -0.25) is 4.79 Å². The number of carbonyl (C=O) groups is 1. The number of sulfonamides is 1. The molecular formula is C8H15NO4S. The van der Waals surface area contributed by atoms with Gasteiger partial charge in [-0.25, -0.2) is 8.42 Å². The number of hydrogen-bond acceptors (Lipinski definition) is 3. The second kappa shape index (κ2) is 3.51. The lowest BCUT2D eigenvalue weighted by atomic mass is 9.98. The maximum absolute atomic E-state index is 11.3. The molecule has 0 spiro atoms. The zero-order chi connectivity index (χ0) is 11.0. The fourth-order valence-electron chi connectivity index (χ4n) is 1.94. The van der Waals surface area contributed by atoms with E-state index in [1.54, 1.807) is 0 Å². The molecule has 1 aliphatic carbocycles. The van der Waals surface area contributed by atoms with Gasteiger partial charge in [0.15, 0.2) is 0 Å². The molecule has 0 aromatic carbocycles. The number of rotatable bonds is 3. The van der Waals surface area contributed by atoms with E-state index in [4.69, 9.17) is 5.11 Å². The molecule has 0 bridgehead atoms. The quantitative estimate of drug-likeness (QED) is 0.742. The summed E-state index contributed by atoms with van der Waals surface area (Å²) in [4.78, 5) is 11.1. The molecule has 1 N–H and O–H groups in total. The van der Waals surface area contributed by atoms with Crippen molar-refractivity contribution in [1.29, 1.82) is 0 Å². The molecule has 0 aromatic rings. The van der Waals surface area contributed by atoms with Crippen LogP contribution in [-0.4, -0.2) is 42.6 Å². The number of aliphatic carboxylic acids is 1. The van der Waals surface area contributed by atoms with Gasteiger partial charge in [0.25, 0.3) is 0 Å². The van der Waals surface area contributed by atoms with E-state index in [2.05, 4.69) is 0 Å². The normalized spacial score (nSPS) is 21.4. The van der Waals surface area contributed by atoms with Gasteiger partial charge in [-0.05, 0) is 12.8 Å². The predicted octanol–water partition coefficient (Wildman–Crippen LogP) is 0.275. The summed E-state index contributed by atoms with van der Waals surface area (Å²) >= 11 is 0. The van der Waals surface area contributed by atoms with Crippen LogP contribution in [0.5, 0.6) is 0 Å². The Hall–Kier alpha value is -0.620. The summed E-state index contributed by atoms with van der Waals surface area (Å²) < 4.78 is 23.6. The van der Waals surface area contributed by atoms with Gasteiger partial charge in [0.1, 0.15) is 5.54 Å². The van der Waals surface area contributed by atoms with Crippen LogP contribution in [0.25, 0.3) is 0 Å². The maximum Gasteiger partial charge on any atom is 0.325 e. The van der Waals surface area contributed by atoms with Crippen molar-refractivity contribution in [2.75, 3.05) is 13.3 Å². The monoisotopic (exact) mass is 221 g/mol. The summed E-state index contributed by atoms with van der Waals surface area (Å²) in [5.74, 6) is -1.04. The third-order valence-electron chi connectivity index (χ3n) is 2.93. The minimum Gasteiger partial charge on any atom is -0.480 e. The molecule has 0 atom stereocenters. The first-order valence-electron chi connectivity index (χ1n) is 4.48. The molecule has 0 saturated heterocycles. The van der Waals surface area contributed by atoms with Crippen molar-refractivity contribution < 1.29 is 18.3 Å². The Morgan fingerprint density at radius 2 is 1.79 bits per heavy atom. The van der Waals surface area contributed by atoms with Crippen molar-refractivity contribution in [3.05, 3.63) is 0 Å². The number of carboxylic acids is 1. The molecule has 6 heteroatoms. The first-order chi connectivity index (χ1) is 6.31. The third kappa shape index (κ3) is 1.76. The van der Waals surface area contributed by atoms with E-state index < -0.39 is 21.5 Å². The van der Waals surface area contributed by atoms with Crippen LogP contribution in [0, 0.1) is 0 Å². The summed E-state index contributed by atoms with van der Waals surface area (Å²) in [6.45, 7) is 0. The molecule has 1 rings (SSSR count). The Kier molecular flexibility index (Phi) is 2.87. The molecular weight excluding hydrogens is 206 g/mol. The van der Waals surface area contributed by atoms with Crippen LogP contribution in [-0.2, 0) is 14.8 Å². The van der Waals surface area contributed by atoms with Gasteiger partial charge < -0.3 is 5.11 Å². The minimum absolute atomic E-state index is 0.409. The highest BCUT2D eigenvalue weighted by atomic mass is 32.2. The molecule has 0 heterocycles. The van der Waals surface area contributed by atoms with Crippen LogP contribution in [0.15, 0.2) is 0 Å². The highest BCUT2D eigenvalue weighted by Crippen LogP contribution is 2.35. The molecule has 1 aliphatic rings. The van der Waals surface area contributed by atoms with Crippen molar-refractivity contribution in [1.82, 2.24) is 4.31 Å². The molecule has 0 aliphatic heterocycles. The van der Waals surface area contributed by atoms with E-state index in [9.17, 15) is 13.2 Å². The third-order valence-corrected chi connectivity index (χ3v) is 4.27. The molecule has 82 valence electrons. The molecule has 5 nitrogen and oxygen atoms in total. The van der Waals surface area contributed by atoms with E-state index in [0.717, 1.165) is 23.4 Å². The van der Waals surface area contributed by atoms with Crippen molar-refractivity contribution in [3.63, 3.8) is 0 Å². The minimum atomic E-state index is -3.44. The van der Waals surface area contributed by atoms with Crippen LogP contribution < -0.4 is 0 Å². The molecule has 14 heavy (non-hydrogen) atoms. The van der Waals surface area contributed by atoms with E-state index in [0.29, 0.717) is 12.8 Å². The van der Waals surface area contributed by atoms with Crippen LogP contribution >= 0.6 is 0 Å². The Bertz CT molecular complexity index is 329. The lowest BCUT2D eigenvalue weighted by Crippen LogP contribution is -2.52. The SMILES string of the molecule is CN(C1(C(=O)O)CCCC1)S(C)(=O)=O. The average Bonchev–Trinajstić information content (AvgIpc) is 2.50. The van der Waals surface area contributed by atoms with E-state index >= 15 is 0 Å². The van der Waals surface area contributed by atoms with Crippen molar-refractivity contribution in [2.24, 2.45) is 0 Å². The zero-order valence-corrected chi connectivity index (χ0v) is 9.17. The fourth-order valence-corrected chi connectivity index (χ4v) is 2.84. The highest BCUT2D eigenvalue weighted by molar-refractivity contribution is 7.88. The predicted molar refractivity (Wildman–Crippen MR) is 51.4 cm³/mol. The van der Waals surface area contributed by atoms with Gasteiger partial charge >= 0.3 is 5.97 Å². The van der Waals surface area contributed by atoms with Crippen LogP contribution in [0.1, 0.15) is 25.7 Å². The number of nitrogens with zero attached hydrogens (tertiary/aromatic N) is 1. The van der Waals surface area contributed by atoms with E-state index in [1.807, 2.05) is 0 Å². The van der Waals surface area contributed by atoms with Gasteiger partial charge in [-0.15, -0.1) is 0 Å². The fraction of sp³-hybridized carbons (Fsp3) is 0.875. The van der Waals surface area contributed by atoms with Gasteiger partial charge in [0.05, 0.1) is 6.26 Å².